The van der Waals surface area contributed by atoms with E-state index in [0.717, 1.165) is 26.1 Å². The van der Waals surface area contributed by atoms with Crippen LogP contribution in [-0.2, 0) is 0 Å². The van der Waals surface area contributed by atoms with Gasteiger partial charge in [-0.2, -0.15) is 0 Å². The average Bonchev–Trinajstić information content (AvgIpc) is 2.33. The highest BCUT2D eigenvalue weighted by atomic mass is 127. The zero-order valence-corrected chi connectivity index (χ0v) is 16.3. The Labute approximate surface area is 143 Å². The lowest BCUT2D eigenvalue weighted by Crippen LogP contribution is -2.44. The van der Waals surface area contributed by atoms with Gasteiger partial charge in [0.2, 0.25) is 0 Å². The Bertz CT molecular complexity index is 234. The number of rotatable bonds is 10. The summed E-state index contributed by atoms with van der Waals surface area (Å²) in [4.78, 5) is 6.79. The van der Waals surface area contributed by atoms with E-state index >= 15 is 0 Å². The van der Waals surface area contributed by atoms with E-state index in [9.17, 15) is 0 Å². The van der Waals surface area contributed by atoms with Gasteiger partial charge >= 0.3 is 0 Å². The Morgan fingerprint density at radius 1 is 1.10 bits per heavy atom. The standard InChI is InChI=1S/C15H34N4.HI/c1-6-7-8-9-10-17-15(16)18-11-12-19(13(2)3)14(4)5;/h13-14H,6-12H2,1-5H3,(H3,16,17,18);1H. The van der Waals surface area contributed by atoms with E-state index in [1.807, 2.05) is 0 Å². The second kappa shape index (κ2) is 13.9. The summed E-state index contributed by atoms with van der Waals surface area (Å²) < 4.78 is 0. The van der Waals surface area contributed by atoms with E-state index in [-0.39, 0.29) is 24.0 Å². The summed E-state index contributed by atoms with van der Waals surface area (Å²) >= 11 is 0. The van der Waals surface area contributed by atoms with Crippen LogP contribution in [0, 0.1) is 0 Å². The molecule has 0 aromatic rings. The van der Waals surface area contributed by atoms with Crippen molar-refractivity contribution in [2.75, 3.05) is 19.6 Å². The van der Waals surface area contributed by atoms with Crippen LogP contribution < -0.4 is 11.1 Å². The molecule has 0 rings (SSSR count). The fourth-order valence-electron chi connectivity index (χ4n) is 2.22. The molecule has 122 valence electrons. The van der Waals surface area contributed by atoms with E-state index in [1.165, 1.54) is 19.3 Å². The largest absolute Gasteiger partial charge is 0.370 e. The van der Waals surface area contributed by atoms with Crippen molar-refractivity contribution in [1.29, 1.82) is 0 Å². The maximum Gasteiger partial charge on any atom is 0.188 e. The average molecular weight is 398 g/mol. The number of guanidine groups is 1. The Kier molecular flexibility index (Phi) is 15.5. The highest BCUT2D eigenvalue weighted by Crippen LogP contribution is 2.03. The van der Waals surface area contributed by atoms with Crippen molar-refractivity contribution in [1.82, 2.24) is 10.2 Å². The number of hydrogen-bond acceptors (Lipinski definition) is 2. The molecule has 0 aromatic heterocycles. The third kappa shape index (κ3) is 11.8. The highest BCUT2D eigenvalue weighted by Gasteiger charge is 2.12. The third-order valence-electron chi connectivity index (χ3n) is 3.30. The Hall–Kier alpha value is -0.0400. The van der Waals surface area contributed by atoms with Crippen molar-refractivity contribution in [3.8, 4) is 0 Å². The van der Waals surface area contributed by atoms with E-state index in [2.05, 4.69) is 49.8 Å². The summed E-state index contributed by atoms with van der Waals surface area (Å²) in [6.45, 7) is 13.8. The number of nitrogens with one attached hydrogen (secondary N) is 1. The summed E-state index contributed by atoms with van der Waals surface area (Å²) in [5.41, 5.74) is 5.85. The second-order valence-electron chi connectivity index (χ2n) is 5.68. The highest BCUT2D eigenvalue weighted by molar-refractivity contribution is 14.0. The minimum Gasteiger partial charge on any atom is -0.370 e. The summed E-state index contributed by atoms with van der Waals surface area (Å²) in [5.74, 6) is 0.587. The SMILES string of the molecule is CCCCCCN=C(N)NCCN(C(C)C)C(C)C.I. The van der Waals surface area contributed by atoms with Crippen LogP contribution in [0.3, 0.4) is 0 Å². The molecule has 0 aliphatic rings. The molecule has 0 heterocycles. The van der Waals surface area contributed by atoms with Crippen LogP contribution in [-0.4, -0.2) is 42.6 Å². The first-order valence-electron chi connectivity index (χ1n) is 7.78. The van der Waals surface area contributed by atoms with Gasteiger partial charge in [0.05, 0.1) is 0 Å². The monoisotopic (exact) mass is 398 g/mol. The number of hydrogen-bond donors (Lipinski definition) is 2. The molecular weight excluding hydrogens is 363 g/mol. The maximum absolute atomic E-state index is 5.85. The molecule has 0 bridgehead atoms. The molecule has 0 atom stereocenters. The number of nitrogens with zero attached hydrogens (tertiary/aromatic N) is 2. The van der Waals surface area contributed by atoms with Crippen molar-refractivity contribution in [3.05, 3.63) is 0 Å². The van der Waals surface area contributed by atoms with Crippen molar-refractivity contribution in [3.63, 3.8) is 0 Å². The van der Waals surface area contributed by atoms with Crippen molar-refractivity contribution < 1.29 is 0 Å². The van der Waals surface area contributed by atoms with Crippen LogP contribution >= 0.6 is 24.0 Å². The summed E-state index contributed by atoms with van der Waals surface area (Å²) in [7, 11) is 0. The molecule has 0 saturated heterocycles. The quantitative estimate of drug-likeness (QED) is 0.257. The second-order valence-corrected chi connectivity index (χ2v) is 5.68. The fraction of sp³-hybridized carbons (Fsp3) is 0.933. The number of nitrogens with two attached hydrogens (primary N) is 1. The van der Waals surface area contributed by atoms with Crippen LogP contribution in [0.15, 0.2) is 4.99 Å². The normalized spacial score (nSPS) is 12.1. The minimum atomic E-state index is 0. The molecule has 0 aromatic carbocycles. The van der Waals surface area contributed by atoms with E-state index in [4.69, 9.17) is 5.73 Å². The van der Waals surface area contributed by atoms with Crippen molar-refractivity contribution in [2.45, 2.75) is 72.4 Å². The summed E-state index contributed by atoms with van der Waals surface area (Å²) in [6.07, 6.45) is 4.94. The van der Waals surface area contributed by atoms with Gasteiger partial charge in [0, 0.05) is 31.7 Å². The molecule has 0 amide bonds. The van der Waals surface area contributed by atoms with Gasteiger partial charge in [-0.3, -0.25) is 9.89 Å². The lowest BCUT2D eigenvalue weighted by Gasteiger charge is -2.30. The Morgan fingerprint density at radius 3 is 2.20 bits per heavy atom. The first kappa shape index (κ1) is 22.2. The van der Waals surface area contributed by atoms with E-state index in [1.54, 1.807) is 0 Å². The first-order valence-corrected chi connectivity index (χ1v) is 7.78. The third-order valence-corrected chi connectivity index (χ3v) is 3.30. The van der Waals surface area contributed by atoms with Crippen LogP contribution in [0.5, 0.6) is 0 Å². The van der Waals surface area contributed by atoms with Gasteiger partial charge in [-0.1, -0.05) is 26.2 Å². The molecule has 4 nitrogen and oxygen atoms in total. The van der Waals surface area contributed by atoms with E-state index < -0.39 is 0 Å². The molecule has 0 radical (unpaired) electrons. The molecular formula is C15H35IN4. The molecule has 20 heavy (non-hydrogen) atoms. The predicted octanol–water partition coefficient (Wildman–Crippen LogP) is 3.21. The van der Waals surface area contributed by atoms with Crippen molar-refractivity contribution >= 4 is 29.9 Å². The zero-order chi connectivity index (χ0) is 14.7. The summed E-state index contributed by atoms with van der Waals surface area (Å²) in [5, 5.41) is 3.20. The van der Waals surface area contributed by atoms with Crippen molar-refractivity contribution in [2.24, 2.45) is 10.7 Å². The number of halogens is 1. The zero-order valence-electron chi connectivity index (χ0n) is 14.0. The smallest absolute Gasteiger partial charge is 0.188 e. The first-order chi connectivity index (χ1) is 8.99. The predicted molar refractivity (Wildman–Crippen MR) is 101 cm³/mol. The van der Waals surface area contributed by atoms with Gasteiger partial charge < -0.3 is 11.1 Å². The molecule has 0 fully saturated rings. The van der Waals surface area contributed by atoms with Gasteiger partial charge in [-0.15, -0.1) is 24.0 Å². The molecule has 3 N–H and O–H groups in total. The van der Waals surface area contributed by atoms with Crippen LogP contribution in [0.25, 0.3) is 0 Å². The van der Waals surface area contributed by atoms with E-state index in [0.29, 0.717) is 18.0 Å². The van der Waals surface area contributed by atoms with Gasteiger partial charge in [0.1, 0.15) is 0 Å². The lowest BCUT2D eigenvalue weighted by molar-refractivity contribution is 0.178. The van der Waals surface area contributed by atoms with Gasteiger partial charge in [-0.25, -0.2) is 0 Å². The van der Waals surface area contributed by atoms with Crippen LogP contribution in [0.4, 0.5) is 0 Å². The number of unbranched alkanes of at least 4 members (excludes halogenated alkanes) is 3. The molecule has 0 spiro atoms. The van der Waals surface area contributed by atoms with Gasteiger partial charge in [0.25, 0.3) is 0 Å². The van der Waals surface area contributed by atoms with Crippen LogP contribution in [0.1, 0.15) is 60.3 Å². The number of aliphatic imine (C=N–C) groups is 1. The lowest BCUT2D eigenvalue weighted by atomic mass is 10.2. The molecule has 0 aliphatic carbocycles. The van der Waals surface area contributed by atoms with Gasteiger partial charge in [-0.05, 0) is 34.1 Å². The molecule has 0 aliphatic heterocycles. The Morgan fingerprint density at radius 2 is 1.70 bits per heavy atom. The minimum absolute atomic E-state index is 0. The van der Waals surface area contributed by atoms with Crippen LogP contribution in [0.2, 0.25) is 0 Å². The summed E-state index contributed by atoms with van der Waals surface area (Å²) in [6, 6.07) is 1.13. The molecule has 0 unspecified atom stereocenters. The van der Waals surface area contributed by atoms with Gasteiger partial charge in [0.15, 0.2) is 5.96 Å². The Balaban J connectivity index is 0. The molecule has 0 saturated carbocycles. The maximum atomic E-state index is 5.85. The fourth-order valence-corrected chi connectivity index (χ4v) is 2.22. The topological polar surface area (TPSA) is 53.6 Å². The molecule has 5 heteroatoms.